The third kappa shape index (κ3) is 3.34. The van der Waals surface area contributed by atoms with Crippen LogP contribution in [0.5, 0.6) is 0 Å². The van der Waals surface area contributed by atoms with Gasteiger partial charge in [-0.1, -0.05) is 12.1 Å². The highest BCUT2D eigenvalue weighted by Gasteiger charge is 2.30. The predicted octanol–water partition coefficient (Wildman–Crippen LogP) is 1.59. The number of nitrogens with two attached hydrogens (primary N) is 1. The van der Waals surface area contributed by atoms with E-state index in [0.717, 1.165) is 30.5 Å². The van der Waals surface area contributed by atoms with E-state index < -0.39 is 12.1 Å². The Morgan fingerprint density at radius 2 is 2.22 bits per heavy atom. The molecule has 3 N–H and O–H groups in total. The van der Waals surface area contributed by atoms with Gasteiger partial charge in [0.15, 0.2) is 11.5 Å². The highest BCUT2D eigenvalue weighted by atomic mass is 16.3. The summed E-state index contributed by atoms with van der Waals surface area (Å²) in [6.07, 6.45) is 1.91. The van der Waals surface area contributed by atoms with Gasteiger partial charge in [-0.2, -0.15) is 0 Å². The number of imide groups is 1. The SMILES string of the molecule is C[C@H](C(=O)NC(N)=O)N1CCC[C@@H](c2nc3ccccc3o2)C1. The third-order valence-corrected chi connectivity index (χ3v) is 4.29. The van der Waals surface area contributed by atoms with Crippen molar-refractivity contribution in [1.29, 1.82) is 0 Å². The maximum absolute atomic E-state index is 11.9. The summed E-state index contributed by atoms with van der Waals surface area (Å²) in [6.45, 7) is 3.23. The molecule has 0 spiro atoms. The summed E-state index contributed by atoms with van der Waals surface area (Å²) in [5.41, 5.74) is 6.63. The van der Waals surface area contributed by atoms with Crippen LogP contribution < -0.4 is 11.1 Å². The van der Waals surface area contributed by atoms with Crippen molar-refractivity contribution in [3.05, 3.63) is 30.2 Å². The molecule has 2 heterocycles. The van der Waals surface area contributed by atoms with E-state index in [1.54, 1.807) is 6.92 Å². The lowest BCUT2D eigenvalue weighted by atomic mass is 9.96. The minimum absolute atomic E-state index is 0.139. The highest BCUT2D eigenvalue weighted by molar-refractivity contribution is 5.96. The molecule has 1 saturated heterocycles. The van der Waals surface area contributed by atoms with Gasteiger partial charge in [-0.25, -0.2) is 9.78 Å². The Balaban J connectivity index is 1.72. The Morgan fingerprint density at radius 1 is 1.43 bits per heavy atom. The lowest BCUT2D eigenvalue weighted by Gasteiger charge is -2.34. The molecule has 122 valence electrons. The van der Waals surface area contributed by atoms with Crippen molar-refractivity contribution in [3.8, 4) is 0 Å². The first-order valence-electron chi connectivity index (χ1n) is 7.74. The fourth-order valence-electron chi connectivity index (χ4n) is 3.02. The van der Waals surface area contributed by atoms with Crippen LogP contribution in [0.2, 0.25) is 0 Å². The highest BCUT2D eigenvalue weighted by Crippen LogP contribution is 2.29. The van der Waals surface area contributed by atoms with Gasteiger partial charge in [0.05, 0.1) is 6.04 Å². The normalized spacial score (nSPS) is 20.3. The summed E-state index contributed by atoms with van der Waals surface area (Å²) in [5, 5.41) is 2.14. The van der Waals surface area contributed by atoms with E-state index in [-0.39, 0.29) is 11.8 Å². The average Bonchev–Trinajstić information content (AvgIpc) is 2.97. The lowest BCUT2D eigenvalue weighted by Crippen LogP contribution is -2.50. The summed E-state index contributed by atoms with van der Waals surface area (Å²) in [7, 11) is 0. The van der Waals surface area contributed by atoms with Crippen molar-refractivity contribution in [2.24, 2.45) is 5.73 Å². The maximum Gasteiger partial charge on any atom is 0.318 e. The van der Waals surface area contributed by atoms with Gasteiger partial charge in [-0.05, 0) is 38.4 Å². The molecule has 2 aromatic rings. The van der Waals surface area contributed by atoms with Crippen molar-refractivity contribution in [3.63, 3.8) is 0 Å². The molecule has 0 radical (unpaired) electrons. The van der Waals surface area contributed by atoms with E-state index in [1.165, 1.54) is 0 Å². The van der Waals surface area contributed by atoms with Gasteiger partial charge in [-0.3, -0.25) is 15.0 Å². The van der Waals surface area contributed by atoms with Crippen LogP contribution >= 0.6 is 0 Å². The zero-order valence-corrected chi connectivity index (χ0v) is 13.0. The Labute approximate surface area is 133 Å². The number of nitrogens with zero attached hydrogens (tertiary/aromatic N) is 2. The number of para-hydroxylation sites is 2. The molecule has 2 atom stereocenters. The minimum atomic E-state index is -0.825. The number of likely N-dealkylation sites (tertiary alicyclic amines) is 1. The van der Waals surface area contributed by atoms with Crippen LogP contribution in [-0.4, -0.2) is 41.0 Å². The summed E-state index contributed by atoms with van der Waals surface area (Å²) in [4.78, 5) is 29.4. The Morgan fingerprint density at radius 3 is 2.96 bits per heavy atom. The van der Waals surface area contributed by atoms with E-state index in [0.29, 0.717) is 12.4 Å². The Bertz CT molecular complexity index is 694. The van der Waals surface area contributed by atoms with Crippen LogP contribution in [0.25, 0.3) is 11.1 Å². The number of oxazole rings is 1. The smallest absolute Gasteiger partial charge is 0.318 e. The first kappa shape index (κ1) is 15.5. The second-order valence-corrected chi connectivity index (χ2v) is 5.88. The number of benzene rings is 1. The van der Waals surface area contributed by atoms with Crippen molar-refractivity contribution >= 4 is 23.0 Å². The summed E-state index contributed by atoms with van der Waals surface area (Å²) in [5.74, 6) is 0.467. The van der Waals surface area contributed by atoms with E-state index in [9.17, 15) is 9.59 Å². The maximum atomic E-state index is 11.9. The topological polar surface area (TPSA) is 101 Å². The van der Waals surface area contributed by atoms with Crippen LogP contribution in [-0.2, 0) is 4.79 Å². The number of nitrogens with one attached hydrogen (secondary N) is 1. The molecule has 0 unspecified atom stereocenters. The van der Waals surface area contributed by atoms with E-state index in [2.05, 4.69) is 10.3 Å². The molecule has 1 fully saturated rings. The molecule has 1 aromatic heterocycles. The van der Waals surface area contributed by atoms with Crippen molar-refractivity contribution in [2.45, 2.75) is 31.7 Å². The predicted molar refractivity (Wildman–Crippen MR) is 84.7 cm³/mol. The monoisotopic (exact) mass is 316 g/mol. The third-order valence-electron chi connectivity index (χ3n) is 4.29. The van der Waals surface area contributed by atoms with E-state index in [4.69, 9.17) is 10.2 Å². The zero-order chi connectivity index (χ0) is 16.4. The van der Waals surface area contributed by atoms with Gasteiger partial charge in [-0.15, -0.1) is 0 Å². The summed E-state index contributed by atoms with van der Waals surface area (Å²) >= 11 is 0. The summed E-state index contributed by atoms with van der Waals surface area (Å²) in [6, 6.07) is 6.42. The quantitative estimate of drug-likeness (QED) is 0.895. The van der Waals surface area contributed by atoms with Gasteiger partial charge < -0.3 is 10.2 Å². The first-order chi connectivity index (χ1) is 11.0. The number of piperidine rings is 1. The van der Waals surface area contributed by atoms with E-state index >= 15 is 0 Å². The number of hydrogen-bond acceptors (Lipinski definition) is 5. The van der Waals surface area contributed by atoms with Gasteiger partial charge in [0.1, 0.15) is 5.52 Å². The molecule has 0 saturated carbocycles. The number of fused-ring (bicyclic) bond motifs is 1. The molecule has 7 nitrogen and oxygen atoms in total. The molecule has 3 rings (SSSR count). The van der Waals surface area contributed by atoms with E-state index in [1.807, 2.05) is 29.2 Å². The number of rotatable bonds is 3. The molecule has 1 aliphatic heterocycles. The van der Waals surface area contributed by atoms with Crippen LogP contribution in [0.4, 0.5) is 4.79 Å². The molecule has 0 bridgehead atoms. The Hall–Kier alpha value is -2.41. The van der Waals surface area contributed by atoms with Crippen LogP contribution in [0, 0.1) is 0 Å². The molecular formula is C16H20N4O3. The molecule has 0 aliphatic carbocycles. The number of carbonyl (C=O) groups is 2. The van der Waals surface area contributed by atoms with Gasteiger partial charge in [0.2, 0.25) is 5.91 Å². The largest absolute Gasteiger partial charge is 0.440 e. The zero-order valence-electron chi connectivity index (χ0n) is 13.0. The second-order valence-electron chi connectivity index (χ2n) is 5.88. The lowest BCUT2D eigenvalue weighted by molar-refractivity contribution is -0.125. The standard InChI is InChI=1S/C16H20N4O3/c1-10(14(21)19-16(17)22)20-8-4-5-11(9-20)15-18-12-6-2-3-7-13(12)23-15/h2-3,6-7,10-11H,4-5,8-9H2,1H3,(H3,17,19,21,22)/t10-,11-/m1/s1. The molecule has 1 aliphatic rings. The van der Waals surface area contributed by atoms with Crippen molar-refractivity contribution < 1.29 is 14.0 Å². The van der Waals surface area contributed by atoms with Crippen LogP contribution in [0.15, 0.2) is 28.7 Å². The summed E-state index contributed by atoms with van der Waals surface area (Å²) < 4.78 is 5.85. The number of aromatic nitrogens is 1. The molecule has 3 amide bonds. The molecule has 1 aromatic carbocycles. The number of amides is 3. The number of urea groups is 1. The number of carbonyl (C=O) groups excluding carboxylic acids is 2. The molecule has 7 heteroatoms. The fourth-order valence-corrected chi connectivity index (χ4v) is 3.02. The average molecular weight is 316 g/mol. The van der Waals surface area contributed by atoms with Crippen LogP contribution in [0.1, 0.15) is 31.6 Å². The van der Waals surface area contributed by atoms with Crippen LogP contribution in [0.3, 0.4) is 0 Å². The minimum Gasteiger partial charge on any atom is -0.440 e. The van der Waals surface area contributed by atoms with Crippen molar-refractivity contribution in [2.75, 3.05) is 13.1 Å². The first-order valence-corrected chi connectivity index (χ1v) is 7.74. The van der Waals surface area contributed by atoms with Gasteiger partial charge in [0.25, 0.3) is 0 Å². The van der Waals surface area contributed by atoms with Gasteiger partial charge in [0, 0.05) is 12.5 Å². The van der Waals surface area contributed by atoms with Gasteiger partial charge >= 0.3 is 6.03 Å². The number of primary amides is 1. The Kier molecular flexibility index (Phi) is 4.29. The molecular weight excluding hydrogens is 296 g/mol. The number of hydrogen-bond donors (Lipinski definition) is 2. The molecule has 23 heavy (non-hydrogen) atoms. The second kappa shape index (κ2) is 6.37. The fraction of sp³-hybridized carbons (Fsp3) is 0.438. The van der Waals surface area contributed by atoms with Crippen molar-refractivity contribution in [1.82, 2.24) is 15.2 Å².